The Morgan fingerprint density at radius 2 is 2.16 bits per heavy atom. The number of piperazine rings is 1. The largest absolute Gasteiger partial charge is 0.366 e. The smallest absolute Gasteiger partial charge is 0.330 e. The van der Waals surface area contributed by atoms with Crippen LogP contribution in [0.3, 0.4) is 0 Å². The van der Waals surface area contributed by atoms with Gasteiger partial charge in [-0.1, -0.05) is 6.08 Å². The Morgan fingerprint density at radius 3 is 2.74 bits per heavy atom. The third-order valence-corrected chi connectivity index (χ3v) is 3.51. The number of rotatable bonds is 4. The molecule has 0 aromatic carbocycles. The van der Waals surface area contributed by atoms with E-state index < -0.39 is 15.3 Å². The summed E-state index contributed by atoms with van der Waals surface area (Å²) in [5.74, 6) is 0. The maximum atomic E-state index is 11.1. The zero-order chi connectivity index (χ0) is 13.9. The fourth-order valence-corrected chi connectivity index (χ4v) is 2.39. The van der Waals surface area contributed by atoms with Gasteiger partial charge in [-0.05, 0) is 0 Å². The molecule has 0 amide bonds. The molecule has 0 unspecified atom stereocenters. The zero-order valence-electron chi connectivity index (χ0n) is 10.4. The average molecular weight is 284 g/mol. The van der Waals surface area contributed by atoms with Gasteiger partial charge < -0.3 is 10.2 Å². The number of hydrogen-bond donors (Lipinski definition) is 2. The van der Waals surface area contributed by atoms with Gasteiger partial charge in [-0.25, -0.2) is 9.97 Å². The van der Waals surface area contributed by atoms with E-state index in [2.05, 4.69) is 26.8 Å². The standard InChI is InChI=1S/C11H16N4O3S/c1-2-3-9-10(15-6-4-12-5-7-15)8-13-11(14-9)19(16,17)18/h2,8,12H,1,3-7H2,(H,16,17,18). The van der Waals surface area contributed by atoms with Crippen molar-refractivity contribution in [1.82, 2.24) is 15.3 Å². The van der Waals surface area contributed by atoms with Crippen LogP contribution in [0.4, 0.5) is 5.69 Å². The maximum absolute atomic E-state index is 11.1. The molecule has 104 valence electrons. The van der Waals surface area contributed by atoms with Crippen LogP contribution in [0.2, 0.25) is 0 Å². The van der Waals surface area contributed by atoms with Gasteiger partial charge in [-0.2, -0.15) is 8.42 Å². The molecule has 7 nitrogen and oxygen atoms in total. The summed E-state index contributed by atoms with van der Waals surface area (Å²) < 4.78 is 31.1. The van der Waals surface area contributed by atoms with Crippen LogP contribution in [-0.2, 0) is 16.5 Å². The second-order valence-corrected chi connectivity index (χ2v) is 5.50. The Balaban J connectivity index is 2.39. The third-order valence-electron chi connectivity index (χ3n) is 2.85. The van der Waals surface area contributed by atoms with Crippen molar-refractivity contribution < 1.29 is 13.0 Å². The van der Waals surface area contributed by atoms with E-state index in [1.54, 1.807) is 6.08 Å². The second kappa shape index (κ2) is 5.64. The predicted octanol–water partition coefficient (Wildman–Crippen LogP) is -0.139. The fraction of sp³-hybridized carbons (Fsp3) is 0.455. The second-order valence-electron chi connectivity index (χ2n) is 4.19. The number of hydrogen-bond acceptors (Lipinski definition) is 6. The van der Waals surface area contributed by atoms with Gasteiger partial charge in [0.1, 0.15) is 0 Å². The Labute approximate surface area is 112 Å². The van der Waals surface area contributed by atoms with Gasteiger partial charge in [0.15, 0.2) is 0 Å². The van der Waals surface area contributed by atoms with Crippen LogP contribution in [0.15, 0.2) is 24.0 Å². The normalized spacial score (nSPS) is 16.4. The molecule has 0 aliphatic carbocycles. The molecule has 1 aliphatic heterocycles. The number of aromatic nitrogens is 2. The molecule has 0 radical (unpaired) electrons. The lowest BCUT2D eigenvalue weighted by Crippen LogP contribution is -2.44. The highest BCUT2D eigenvalue weighted by Gasteiger charge is 2.20. The van der Waals surface area contributed by atoms with Crippen LogP contribution in [0.1, 0.15) is 5.69 Å². The van der Waals surface area contributed by atoms with Crippen molar-refractivity contribution in [3.63, 3.8) is 0 Å². The summed E-state index contributed by atoms with van der Waals surface area (Å²) >= 11 is 0. The first-order valence-corrected chi connectivity index (χ1v) is 7.36. The van der Waals surface area contributed by atoms with Crippen molar-refractivity contribution in [2.75, 3.05) is 31.1 Å². The van der Waals surface area contributed by atoms with Crippen LogP contribution >= 0.6 is 0 Å². The highest BCUT2D eigenvalue weighted by Crippen LogP contribution is 2.20. The van der Waals surface area contributed by atoms with E-state index in [4.69, 9.17) is 4.55 Å². The van der Waals surface area contributed by atoms with E-state index in [1.165, 1.54) is 6.20 Å². The predicted molar refractivity (Wildman–Crippen MR) is 70.8 cm³/mol. The third kappa shape index (κ3) is 3.28. The Bertz CT molecular complexity index is 567. The van der Waals surface area contributed by atoms with E-state index in [0.29, 0.717) is 12.1 Å². The molecule has 19 heavy (non-hydrogen) atoms. The first-order chi connectivity index (χ1) is 9.02. The maximum Gasteiger partial charge on any atom is 0.330 e. The van der Waals surface area contributed by atoms with Crippen LogP contribution in [0.5, 0.6) is 0 Å². The van der Waals surface area contributed by atoms with Crippen LogP contribution < -0.4 is 10.2 Å². The monoisotopic (exact) mass is 284 g/mol. The number of allylic oxidation sites excluding steroid dienone is 1. The van der Waals surface area contributed by atoms with Gasteiger partial charge in [0.2, 0.25) is 0 Å². The number of nitrogens with zero attached hydrogens (tertiary/aromatic N) is 3. The van der Waals surface area contributed by atoms with Crippen LogP contribution in [-0.4, -0.2) is 49.1 Å². The first kappa shape index (κ1) is 13.9. The van der Waals surface area contributed by atoms with Crippen LogP contribution in [0.25, 0.3) is 0 Å². The molecule has 0 atom stereocenters. The lowest BCUT2D eigenvalue weighted by atomic mass is 10.2. The average Bonchev–Trinajstić information content (AvgIpc) is 2.39. The topological polar surface area (TPSA) is 95.4 Å². The minimum Gasteiger partial charge on any atom is -0.366 e. The lowest BCUT2D eigenvalue weighted by Gasteiger charge is -2.30. The highest BCUT2D eigenvalue weighted by atomic mass is 32.2. The van der Waals surface area contributed by atoms with Gasteiger partial charge in [0.05, 0.1) is 17.6 Å². The molecular weight excluding hydrogens is 268 g/mol. The van der Waals surface area contributed by atoms with Crippen molar-refractivity contribution in [3.8, 4) is 0 Å². The molecule has 1 saturated heterocycles. The van der Waals surface area contributed by atoms with Crippen LogP contribution in [0, 0.1) is 0 Å². The minimum absolute atomic E-state index is 0.421. The molecule has 1 aromatic rings. The quantitative estimate of drug-likeness (QED) is 0.451. The Hall–Kier alpha value is -1.51. The number of anilines is 1. The van der Waals surface area contributed by atoms with E-state index >= 15 is 0 Å². The van der Waals surface area contributed by atoms with Crippen molar-refractivity contribution in [2.24, 2.45) is 0 Å². The van der Waals surface area contributed by atoms with Gasteiger partial charge in [0.25, 0.3) is 5.16 Å². The summed E-state index contributed by atoms with van der Waals surface area (Å²) in [6.07, 6.45) is 3.51. The Kier molecular flexibility index (Phi) is 4.13. The van der Waals surface area contributed by atoms with Crippen molar-refractivity contribution in [1.29, 1.82) is 0 Å². The van der Waals surface area contributed by atoms with E-state index in [0.717, 1.165) is 31.9 Å². The molecule has 8 heteroatoms. The molecule has 1 fully saturated rings. The van der Waals surface area contributed by atoms with Gasteiger partial charge in [-0.3, -0.25) is 4.55 Å². The molecule has 0 spiro atoms. The van der Waals surface area contributed by atoms with Gasteiger partial charge in [0, 0.05) is 32.6 Å². The lowest BCUT2D eigenvalue weighted by molar-refractivity contribution is 0.473. The molecule has 1 aliphatic rings. The van der Waals surface area contributed by atoms with E-state index in [1.807, 2.05) is 0 Å². The fourth-order valence-electron chi connectivity index (χ4n) is 1.97. The van der Waals surface area contributed by atoms with Crippen molar-refractivity contribution in [3.05, 3.63) is 24.5 Å². The molecule has 1 aromatic heterocycles. The summed E-state index contributed by atoms with van der Waals surface area (Å²) in [5, 5.41) is 2.67. The molecule has 2 rings (SSSR count). The molecule has 2 N–H and O–H groups in total. The SMILES string of the molecule is C=CCc1nc(S(=O)(=O)O)ncc1N1CCNCC1. The van der Waals surface area contributed by atoms with Crippen molar-refractivity contribution in [2.45, 2.75) is 11.6 Å². The van der Waals surface area contributed by atoms with E-state index in [-0.39, 0.29) is 0 Å². The molecule has 0 saturated carbocycles. The van der Waals surface area contributed by atoms with Gasteiger partial charge >= 0.3 is 10.1 Å². The first-order valence-electron chi connectivity index (χ1n) is 5.92. The highest BCUT2D eigenvalue weighted by molar-refractivity contribution is 7.85. The number of nitrogens with one attached hydrogen (secondary N) is 1. The zero-order valence-corrected chi connectivity index (χ0v) is 11.2. The molecule has 0 bridgehead atoms. The van der Waals surface area contributed by atoms with E-state index in [9.17, 15) is 8.42 Å². The van der Waals surface area contributed by atoms with Crippen molar-refractivity contribution >= 4 is 15.8 Å². The summed E-state index contributed by atoms with van der Waals surface area (Å²) in [6.45, 7) is 6.95. The Morgan fingerprint density at radius 1 is 1.47 bits per heavy atom. The summed E-state index contributed by atoms with van der Waals surface area (Å²) in [4.78, 5) is 9.74. The van der Waals surface area contributed by atoms with Gasteiger partial charge in [-0.15, -0.1) is 6.58 Å². The summed E-state index contributed by atoms with van der Waals surface area (Å²) in [7, 11) is -4.38. The molecular formula is C11H16N4O3S. The summed E-state index contributed by atoms with van der Waals surface area (Å²) in [6, 6.07) is 0. The summed E-state index contributed by atoms with van der Waals surface area (Å²) in [5.41, 5.74) is 1.34. The molecule has 2 heterocycles. The minimum atomic E-state index is -4.38.